The summed E-state index contributed by atoms with van der Waals surface area (Å²) in [4.78, 5) is 28.3. The molecule has 7 nitrogen and oxygen atoms in total. The summed E-state index contributed by atoms with van der Waals surface area (Å²) < 4.78 is 28.5. The lowest BCUT2D eigenvalue weighted by molar-refractivity contribution is -0.139. The molecule has 2 amide bonds. The fourth-order valence-corrected chi connectivity index (χ4v) is 5.91. The zero-order valence-corrected chi connectivity index (χ0v) is 24.9. The first-order valence-corrected chi connectivity index (χ1v) is 14.9. The summed E-state index contributed by atoms with van der Waals surface area (Å²) in [5.41, 5.74) is 0.720. The van der Waals surface area contributed by atoms with Crippen LogP contribution < -0.4 is 9.62 Å². The van der Waals surface area contributed by atoms with Crippen LogP contribution in [0, 0.1) is 0 Å². The number of sulfonamides is 1. The first-order chi connectivity index (χ1) is 18.4. The Morgan fingerprint density at radius 3 is 2.23 bits per heavy atom. The van der Waals surface area contributed by atoms with E-state index in [1.165, 1.54) is 29.2 Å². The lowest BCUT2D eigenvalue weighted by Gasteiger charge is -2.32. The molecule has 0 unspecified atom stereocenters. The zero-order chi connectivity index (χ0) is 28.7. The van der Waals surface area contributed by atoms with Crippen LogP contribution in [0.1, 0.15) is 32.8 Å². The second-order valence-corrected chi connectivity index (χ2v) is 12.1. The van der Waals surface area contributed by atoms with Crippen molar-refractivity contribution in [3.63, 3.8) is 0 Å². The summed E-state index contributed by atoms with van der Waals surface area (Å²) in [7, 11) is -4.25. The van der Waals surface area contributed by atoms with Gasteiger partial charge in [-0.1, -0.05) is 78.1 Å². The summed E-state index contributed by atoms with van der Waals surface area (Å²) in [5.74, 6) is -0.977. The summed E-state index contributed by atoms with van der Waals surface area (Å²) in [6.45, 7) is 4.80. The van der Waals surface area contributed by atoms with Crippen LogP contribution in [0.15, 0.2) is 77.7 Å². The second-order valence-electron chi connectivity index (χ2n) is 9.04. The van der Waals surface area contributed by atoms with Gasteiger partial charge in [0.05, 0.1) is 20.6 Å². The molecule has 0 saturated heterocycles. The number of carbonyl (C=O) groups is 2. The molecule has 0 radical (unpaired) electrons. The first-order valence-electron chi connectivity index (χ1n) is 12.3. The number of anilines is 1. The van der Waals surface area contributed by atoms with E-state index in [-0.39, 0.29) is 39.1 Å². The fraction of sp³-hybridized carbons (Fsp3) is 0.286. The van der Waals surface area contributed by atoms with Crippen LogP contribution in [-0.4, -0.2) is 43.8 Å². The van der Waals surface area contributed by atoms with Crippen molar-refractivity contribution in [3.05, 3.63) is 93.4 Å². The molecule has 2 atom stereocenters. The van der Waals surface area contributed by atoms with Crippen molar-refractivity contribution >= 4 is 62.3 Å². The molecular weight excluding hydrogens is 581 g/mol. The summed E-state index contributed by atoms with van der Waals surface area (Å²) in [5, 5.41) is 3.47. The van der Waals surface area contributed by atoms with E-state index in [1.54, 1.807) is 55.5 Å². The highest BCUT2D eigenvalue weighted by Gasteiger charge is 2.33. The third-order valence-corrected chi connectivity index (χ3v) is 9.04. The Balaban J connectivity index is 2.06. The predicted molar refractivity (Wildman–Crippen MR) is 157 cm³/mol. The number of rotatable bonds is 11. The number of hydrogen-bond donors (Lipinski definition) is 1. The van der Waals surface area contributed by atoms with Gasteiger partial charge >= 0.3 is 0 Å². The Kier molecular flexibility index (Phi) is 10.7. The minimum absolute atomic E-state index is 0.0181. The SMILES string of the molecule is CC[C@H](C)NC(=O)[C@@H](C)N(Cc1cccc(Cl)c1)C(=O)CN(c1cccc(Cl)c1Cl)S(=O)(=O)c1ccccc1. The van der Waals surface area contributed by atoms with Crippen molar-refractivity contribution in [3.8, 4) is 0 Å². The van der Waals surface area contributed by atoms with Crippen molar-refractivity contribution < 1.29 is 18.0 Å². The highest BCUT2D eigenvalue weighted by molar-refractivity contribution is 7.92. The van der Waals surface area contributed by atoms with Gasteiger partial charge in [0.1, 0.15) is 12.6 Å². The lowest BCUT2D eigenvalue weighted by Crippen LogP contribution is -2.52. The molecule has 0 fully saturated rings. The van der Waals surface area contributed by atoms with Crippen molar-refractivity contribution in [2.75, 3.05) is 10.8 Å². The molecular formula is C28H30Cl3N3O4S. The molecule has 11 heteroatoms. The van der Waals surface area contributed by atoms with Crippen LogP contribution in [0.3, 0.4) is 0 Å². The van der Waals surface area contributed by atoms with Crippen LogP contribution >= 0.6 is 34.8 Å². The summed E-state index contributed by atoms with van der Waals surface area (Å²) in [6, 6.07) is 18.1. The van der Waals surface area contributed by atoms with Gasteiger partial charge in [0.25, 0.3) is 10.0 Å². The average molecular weight is 611 g/mol. The topological polar surface area (TPSA) is 86.8 Å². The highest BCUT2D eigenvalue weighted by Crippen LogP contribution is 2.35. The standard InChI is InChI=1S/C28H30Cl3N3O4S/c1-4-19(2)32-28(36)20(3)33(17-21-10-8-11-22(29)16-21)26(35)18-34(25-15-9-14-24(30)27(25)31)39(37,38)23-12-6-5-7-13-23/h5-16,19-20H,4,17-18H2,1-3H3,(H,32,36)/t19-,20+/m0/s1. The van der Waals surface area contributed by atoms with Crippen LogP contribution in [-0.2, 0) is 26.2 Å². The molecule has 0 spiro atoms. The van der Waals surface area contributed by atoms with Gasteiger partial charge in [-0.15, -0.1) is 0 Å². The monoisotopic (exact) mass is 609 g/mol. The third-order valence-electron chi connectivity index (χ3n) is 6.22. The second kappa shape index (κ2) is 13.5. The largest absolute Gasteiger partial charge is 0.352 e. The summed E-state index contributed by atoms with van der Waals surface area (Å²) >= 11 is 18.8. The maximum Gasteiger partial charge on any atom is 0.264 e. The average Bonchev–Trinajstić information content (AvgIpc) is 2.92. The maximum atomic E-state index is 13.9. The van der Waals surface area contributed by atoms with E-state index in [2.05, 4.69) is 5.32 Å². The molecule has 3 aromatic rings. The molecule has 208 valence electrons. The number of carbonyl (C=O) groups excluding carboxylic acids is 2. The van der Waals surface area contributed by atoms with E-state index in [9.17, 15) is 18.0 Å². The maximum absolute atomic E-state index is 13.9. The van der Waals surface area contributed by atoms with Crippen LogP contribution in [0.5, 0.6) is 0 Å². The molecule has 0 aliphatic carbocycles. The van der Waals surface area contributed by atoms with Crippen molar-refractivity contribution in [2.45, 2.75) is 50.7 Å². The van der Waals surface area contributed by atoms with E-state index in [0.717, 1.165) is 4.31 Å². The molecule has 0 aliphatic rings. The van der Waals surface area contributed by atoms with Crippen molar-refractivity contribution in [2.24, 2.45) is 0 Å². The van der Waals surface area contributed by atoms with Gasteiger partial charge in [-0.2, -0.15) is 0 Å². The van der Waals surface area contributed by atoms with E-state index in [0.29, 0.717) is 17.0 Å². The number of amides is 2. The van der Waals surface area contributed by atoms with Crippen LogP contribution in [0.25, 0.3) is 0 Å². The Morgan fingerprint density at radius 1 is 0.923 bits per heavy atom. The lowest BCUT2D eigenvalue weighted by atomic mass is 10.1. The van der Waals surface area contributed by atoms with Gasteiger partial charge in [-0.3, -0.25) is 13.9 Å². The normalized spacial score (nSPS) is 12.9. The van der Waals surface area contributed by atoms with Gasteiger partial charge in [0.2, 0.25) is 11.8 Å². The Bertz CT molecular complexity index is 1420. The minimum Gasteiger partial charge on any atom is -0.352 e. The van der Waals surface area contributed by atoms with Crippen molar-refractivity contribution in [1.82, 2.24) is 10.2 Å². The van der Waals surface area contributed by atoms with Crippen molar-refractivity contribution in [1.29, 1.82) is 0 Å². The number of hydrogen-bond acceptors (Lipinski definition) is 4. The van der Waals surface area contributed by atoms with Gasteiger partial charge < -0.3 is 10.2 Å². The van der Waals surface area contributed by atoms with Gasteiger partial charge in [0, 0.05) is 17.6 Å². The number of benzene rings is 3. The molecule has 0 heterocycles. The van der Waals surface area contributed by atoms with E-state index < -0.39 is 28.5 Å². The molecule has 3 rings (SSSR count). The van der Waals surface area contributed by atoms with E-state index in [1.807, 2.05) is 13.8 Å². The Labute approximate surface area is 244 Å². The van der Waals surface area contributed by atoms with Crippen LogP contribution in [0.4, 0.5) is 5.69 Å². The van der Waals surface area contributed by atoms with Gasteiger partial charge in [-0.05, 0) is 62.2 Å². The quantitative estimate of drug-likeness (QED) is 0.281. The number of halogens is 3. The predicted octanol–water partition coefficient (Wildman–Crippen LogP) is 6.17. The molecule has 1 N–H and O–H groups in total. The smallest absolute Gasteiger partial charge is 0.264 e. The van der Waals surface area contributed by atoms with Crippen LogP contribution in [0.2, 0.25) is 15.1 Å². The molecule has 0 aromatic heterocycles. The number of nitrogens with zero attached hydrogens (tertiary/aromatic N) is 2. The Hall–Kier alpha value is -2.78. The molecule has 0 saturated carbocycles. The van der Waals surface area contributed by atoms with Gasteiger partial charge in [-0.25, -0.2) is 8.42 Å². The molecule has 3 aromatic carbocycles. The molecule has 39 heavy (non-hydrogen) atoms. The molecule has 0 aliphatic heterocycles. The van der Waals surface area contributed by atoms with E-state index in [4.69, 9.17) is 34.8 Å². The fourth-order valence-electron chi connectivity index (χ4n) is 3.80. The minimum atomic E-state index is -4.25. The highest BCUT2D eigenvalue weighted by atomic mass is 35.5. The molecule has 0 bridgehead atoms. The first kappa shape index (κ1) is 30.8. The number of nitrogens with one attached hydrogen (secondary N) is 1. The van der Waals surface area contributed by atoms with Gasteiger partial charge in [0.15, 0.2) is 0 Å². The summed E-state index contributed by atoms with van der Waals surface area (Å²) in [6.07, 6.45) is 0.705. The zero-order valence-electron chi connectivity index (χ0n) is 21.8. The third kappa shape index (κ3) is 7.66. The Morgan fingerprint density at radius 2 is 1.59 bits per heavy atom. The van der Waals surface area contributed by atoms with E-state index >= 15 is 0 Å².